The van der Waals surface area contributed by atoms with Gasteiger partial charge >= 0.3 is 0 Å². The van der Waals surface area contributed by atoms with Crippen LogP contribution in [-0.2, 0) is 16.0 Å². The van der Waals surface area contributed by atoms with Gasteiger partial charge in [0, 0.05) is 25.6 Å². The molecular weight excluding hydrogens is 338 g/mol. The number of nitrogens with one attached hydrogen (secondary N) is 2. The van der Waals surface area contributed by atoms with E-state index >= 15 is 0 Å². The molecule has 2 aliphatic heterocycles. The first-order valence-electron chi connectivity index (χ1n) is 9.09. The quantitative estimate of drug-likeness (QED) is 0.859. The smallest absolute Gasteiger partial charge is 0.242 e. The number of fused-ring (bicyclic) bond motifs is 1. The van der Waals surface area contributed by atoms with Gasteiger partial charge in [0.1, 0.15) is 6.04 Å². The molecule has 6 heteroatoms. The number of hydrogen-bond donors (Lipinski definition) is 2. The van der Waals surface area contributed by atoms with Gasteiger partial charge in [0.2, 0.25) is 11.8 Å². The van der Waals surface area contributed by atoms with Crippen LogP contribution in [-0.4, -0.2) is 42.4 Å². The molecule has 138 valence electrons. The van der Waals surface area contributed by atoms with Crippen LogP contribution in [0.25, 0.3) is 0 Å². The van der Waals surface area contributed by atoms with E-state index in [-0.39, 0.29) is 36.3 Å². The third-order valence-corrected chi connectivity index (χ3v) is 5.12. The predicted octanol–water partition coefficient (Wildman–Crippen LogP) is 2.20. The van der Waals surface area contributed by atoms with Gasteiger partial charge in [-0.05, 0) is 43.4 Å². The number of hydrogen-bond acceptors (Lipinski definition) is 3. The molecule has 1 aromatic carbocycles. The molecule has 0 aliphatic carbocycles. The first-order valence-corrected chi connectivity index (χ1v) is 9.09. The normalized spacial score (nSPS) is 22.5. The Hall–Kier alpha value is -1.59. The minimum Gasteiger partial charge on any atom is -0.352 e. The third kappa shape index (κ3) is 4.53. The number of piperidine rings is 1. The Morgan fingerprint density at radius 3 is 2.88 bits per heavy atom. The number of carbonyl (C=O) groups excluding carboxylic acids is 2. The number of amides is 2. The van der Waals surface area contributed by atoms with Crippen molar-refractivity contribution in [2.75, 3.05) is 19.6 Å². The van der Waals surface area contributed by atoms with Crippen LogP contribution in [0.15, 0.2) is 24.3 Å². The number of halogens is 1. The molecule has 0 bridgehead atoms. The van der Waals surface area contributed by atoms with Gasteiger partial charge in [-0.2, -0.15) is 0 Å². The minimum absolute atomic E-state index is 0. The molecule has 3 rings (SSSR count). The van der Waals surface area contributed by atoms with Gasteiger partial charge in [0.15, 0.2) is 0 Å². The zero-order chi connectivity index (χ0) is 16.9. The van der Waals surface area contributed by atoms with Crippen LogP contribution in [0.2, 0.25) is 0 Å². The summed E-state index contributed by atoms with van der Waals surface area (Å²) in [5.41, 5.74) is 2.63. The summed E-state index contributed by atoms with van der Waals surface area (Å²) in [5, 5.41) is 6.56. The Balaban J connectivity index is 0.00000225. The monoisotopic (exact) mass is 365 g/mol. The van der Waals surface area contributed by atoms with Crippen LogP contribution in [0, 0.1) is 0 Å². The van der Waals surface area contributed by atoms with Crippen molar-refractivity contribution in [1.82, 2.24) is 15.5 Å². The maximum atomic E-state index is 12.7. The second-order valence-corrected chi connectivity index (χ2v) is 6.65. The van der Waals surface area contributed by atoms with E-state index in [1.54, 1.807) is 4.90 Å². The van der Waals surface area contributed by atoms with Crippen molar-refractivity contribution in [2.45, 2.75) is 51.1 Å². The van der Waals surface area contributed by atoms with Gasteiger partial charge in [0.25, 0.3) is 0 Å². The Bertz CT molecular complexity index is 608. The number of carbonyl (C=O) groups is 2. The molecule has 2 N–H and O–H groups in total. The summed E-state index contributed by atoms with van der Waals surface area (Å²) in [6.07, 6.45) is 4.26. The summed E-state index contributed by atoms with van der Waals surface area (Å²) < 4.78 is 0. The molecule has 1 aromatic rings. The molecular formula is C19H28ClN3O2. The summed E-state index contributed by atoms with van der Waals surface area (Å²) in [5.74, 6) is 0.0670. The SMILES string of the molecule is CCC(=O)N1CCCCC1C(=O)NCC1NCCc2ccccc21.Cl. The van der Waals surface area contributed by atoms with Gasteiger partial charge in [-0.3, -0.25) is 9.59 Å². The lowest BCUT2D eigenvalue weighted by Crippen LogP contribution is -2.53. The second-order valence-electron chi connectivity index (χ2n) is 6.65. The summed E-state index contributed by atoms with van der Waals surface area (Å²) in [7, 11) is 0. The predicted molar refractivity (Wildman–Crippen MR) is 101 cm³/mol. The van der Waals surface area contributed by atoms with Gasteiger partial charge in [-0.15, -0.1) is 12.4 Å². The Morgan fingerprint density at radius 1 is 1.28 bits per heavy atom. The summed E-state index contributed by atoms with van der Waals surface area (Å²) >= 11 is 0. The van der Waals surface area contributed by atoms with Crippen molar-refractivity contribution >= 4 is 24.2 Å². The maximum Gasteiger partial charge on any atom is 0.242 e. The van der Waals surface area contributed by atoms with Gasteiger partial charge in [-0.25, -0.2) is 0 Å². The van der Waals surface area contributed by atoms with Gasteiger partial charge < -0.3 is 15.5 Å². The molecule has 0 aromatic heterocycles. The molecule has 2 atom stereocenters. The molecule has 2 amide bonds. The molecule has 2 heterocycles. The van der Waals surface area contributed by atoms with Crippen LogP contribution in [0.5, 0.6) is 0 Å². The van der Waals surface area contributed by atoms with Crippen LogP contribution >= 0.6 is 12.4 Å². The molecule has 25 heavy (non-hydrogen) atoms. The Labute approximate surface area is 155 Å². The molecule has 0 saturated carbocycles. The zero-order valence-electron chi connectivity index (χ0n) is 14.8. The van der Waals surface area contributed by atoms with E-state index in [1.807, 2.05) is 13.0 Å². The van der Waals surface area contributed by atoms with E-state index < -0.39 is 0 Å². The second kappa shape index (κ2) is 9.20. The Kier molecular flexibility index (Phi) is 7.26. The summed E-state index contributed by atoms with van der Waals surface area (Å²) in [4.78, 5) is 26.5. The molecule has 5 nitrogen and oxygen atoms in total. The molecule has 2 aliphatic rings. The molecule has 1 saturated heterocycles. The molecule has 0 radical (unpaired) electrons. The lowest BCUT2D eigenvalue weighted by Gasteiger charge is -2.35. The highest BCUT2D eigenvalue weighted by atomic mass is 35.5. The molecule has 0 spiro atoms. The number of benzene rings is 1. The lowest BCUT2D eigenvalue weighted by molar-refractivity contribution is -0.142. The fourth-order valence-electron chi connectivity index (χ4n) is 3.80. The highest BCUT2D eigenvalue weighted by Crippen LogP contribution is 2.22. The van der Waals surface area contributed by atoms with Gasteiger partial charge in [-0.1, -0.05) is 31.2 Å². The lowest BCUT2D eigenvalue weighted by atomic mass is 9.94. The van der Waals surface area contributed by atoms with Crippen molar-refractivity contribution in [3.63, 3.8) is 0 Å². The standard InChI is InChI=1S/C19H27N3O2.ClH/c1-2-18(23)22-12-6-5-9-17(22)19(24)21-13-16-15-8-4-3-7-14(15)10-11-20-16;/h3-4,7-8,16-17,20H,2,5-6,9-13H2,1H3,(H,21,24);1H. The van der Waals surface area contributed by atoms with E-state index in [0.29, 0.717) is 19.5 Å². The fourth-order valence-corrected chi connectivity index (χ4v) is 3.80. The average Bonchev–Trinajstić information content (AvgIpc) is 2.65. The number of likely N-dealkylation sites (tertiary alicyclic amines) is 1. The summed E-state index contributed by atoms with van der Waals surface area (Å²) in [6, 6.07) is 8.25. The van der Waals surface area contributed by atoms with E-state index in [4.69, 9.17) is 0 Å². The highest BCUT2D eigenvalue weighted by molar-refractivity contribution is 5.87. The van der Waals surface area contributed by atoms with Crippen molar-refractivity contribution in [3.05, 3.63) is 35.4 Å². The third-order valence-electron chi connectivity index (χ3n) is 5.12. The highest BCUT2D eigenvalue weighted by Gasteiger charge is 2.31. The first-order chi connectivity index (χ1) is 11.7. The van der Waals surface area contributed by atoms with Crippen LogP contribution in [0.1, 0.15) is 49.8 Å². The number of rotatable bonds is 4. The Morgan fingerprint density at radius 2 is 2.08 bits per heavy atom. The van der Waals surface area contributed by atoms with Crippen LogP contribution in [0.4, 0.5) is 0 Å². The van der Waals surface area contributed by atoms with Crippen LogP contribution < -0.4 is 10.6 Å². The van der Waals surface area contributed by atoms with Crippen molar-refractivity contribution < 1.29 is 9.59 Å². The van der Waals surface area contributed by atoms with Gasteiger partial charge in [0.05, 0.1) is 0 Å². The van der Waals surface area contributed by atoms with E-state index in [9.17, 15) is 9.59 Å². The molecule has 2 unspecified atom stereocenters. The number of nitrogens with zero attached hydrogens (tertiary/aromatic N) is 1. The summed E-state index contributed by atoms with van der Waals surface area (Å²) in [6.45, 7) is 4.06. The van der Waals surface area contributed by atoms with Crippen LogP contribution in [0.3, 0.4) is 0 Å². The van der Waals surface area contributed by atoms with Crippen molar-refractivity contribution in [1.29, 1.82) is 0 Å². The van der Waals surface area contributed by atoms with E-state index in [1.165, 1.54) is 11.1 Å². The molecule has 1 fully saturated rings. The van der Waals surface area contributed by atoms with E-state index in [2.05, 4.69) is 28.8 Å². The van der Waals surface area contributed by atoms with Crippen molar-refractivity contribution in [2.24, 2.45) is 0 Å². The zero-order valence-corrected chi connectivity index (χ0v) is 15.6. The fraction of sp³-hybridized carbons (Fsp3) is 0.579. The maximum absolute atomic E-state index is 12.7. The topological polar surface area (TPSA) is 61.4 Å². The largest absolute Gasteiger partial charge is 0.352 e. The minimum atomic E-state index is -0.301. The van der Waals surface area contributed by atoms with Crippen molar-refractivity contribution in [3.8, 4) is 0 Å². The average molecular weight is 366 g/mol. The first kappa shape index (κ1) is 19.7. The van der Waals surface area contributed by atoms with E-state index in [0.717, 1.165) is 32.2 Å².